The third kappa shape index (κ3) is 5.17. The number of likely N-dealkylation sites (tertiary alicyclic amines) is 1. The van der Waals surface area contributed by atoms with Gasteiger partial charge in [-0.1, -0.05) is 23.8 Å². The molecule has 2 aromatic rings. The quantitative estimate of drug-likeness (QED) is 0.688. The third-order valence-corrected chi connectivity index (χ3v) is 5.30. The van der Waals surface area contributed by atoms with E-state index in [-0.39, 0.29) is 23.6 Å². The van der Waals surface area contributed by atoms with Gasteiger partial charge < -0.3 is 20.0 Å². The Morgan fingerprint density at radius 3 is 2.63 bits per heavy atom. The molecule has 2 heterocycles. The molecule has 0 saturated carbocycles. The summed E-state index contributed by atoms with van der Waals surface area (Å²) < 4.78 is 5.19. The molecule has 7 heteroatoms. The molecular weight excluding hydrogens is 382 g/mol. The molecule has 1 aromatic heterocycles. The summed E-state index contributed by atoms with van der Waals surface area (Å²) in [5.41, 5.74) is 1.49. The molecule has 0 radical (unpaired) electrons. The van der Waals surface area contributed by atoms with Crippen molar-refractivity contribution < 1.29 is 18.8 Å². The fourth-order valence-corrected chi connectivity index (χ4v) is 3.68. The summed E-state index contributed by atoms with van der Waals surface area (Å²) in [5.74, 6) is -0.459. The van der Waals surface area contributed by atoms with Gasteiger partial charge in [0.1, 0.15) is 6.04 Å². The van der Waals surface area contributed by atoms with Gasteiger partial charge in [0.15, 0.2) is 5.76 Å². The number of aryl methyl sites for hydroxylation is 1. The Balaban J connectivity index is 1.68. The van der Waals surface area contributed by atoms with Crippen LogP contribution in [0.5, 0.6) is 0 Å². The van der Waals surface area contributed by atoms with Gasteiger partial charge in [0, 0.05) is 25.2 Å². The third-order valence-electron chi connectivity index (χ3n) is 5.30. The molecule has 0 aliphatic carbocycles. The lowest BCUT2D eigenvalue weighted by atomic mass is 9.88. The number of amides is 3. The molecule has 30 heavy (non-hydrogen) atoms. The highest BCUT2D eigenvalue weighted by Crippen LogP contribution is 2.23. The Morgan fingerprint density at radius 2 is 2.00 bits per heavy atom. The predicted octanol–water partition coefficient (Wildman–Crippen LogP) is 2.54. The smallest absolute Gasteiger partial charge is 0.289 e. The molecule has 1 aromatic carbocycles. The minimum Gasteiger partial charge on any atom is -0.459 e. The Hall–Kier alpha value is -3.35. The molecule has 2 N–H and O–H groups in total. The van der Waals surface area contributed by atoms with Crippen LogP contribution in [0.25, 0.3) is 0 Å². The van der Waals surface area contributed by atoms with E-state index in [4.69, 9.17) is 4.42 Å². The zero-order valence-corrected chi connectivity index (χ0v) is 17.1. The number of hydrogen-bond donors (Lipinski definition) is 2. The van der Waals surface area contributed by atoms with E-state index in [1.54, 1.807) is 35.2 Å². The molecule has 3 rings (SSSR count). The molecule has 1 atom stereocenters. The largest absolute Gasteiger partial charge is 0.459 e. The van der Waals surface area contributed by atoms with Crippen molar-refractivity contribution in [1.82, 2.24) is 15.5 Å². The van der Waals surface area contributed by atoms with Crippen molar-refractivity contribution in [3.05, 3.63) is 72.2 Å². The highest BCUT2D eigenvalue weighted by atomic mass is 16.3. The summed E-state index contributed by atoms with van der Waals surface area (Å²) in [6.45, 7) is 6.85. The van der Waals surface area contributed by atoms with Crippen molar-refractivity contribution >= 4 is 17.7 Å². The number of benzene rings is 1. The molecule has 3 amide bonds. The van der Waals surface area contributed by atoms with Crippen LogP contribution in [-0.2, 0) is 4.79 Å². The average Bonchev–Trinajstić information content (AvgIpc) is 3.30. The second-order valence-corrected chi connectivity index (χ2v) is 7.46. The first kappa shape index (κ1) is 21.4. The maximum atomic E-state index is 12.8. The fraction of sp³-hybridized carbons (Fsp3) is 0.348. The molecule has 0 bridgehead atoms. The number of piperidine rings is 1. The van der Waals surface area contributed by atoms with E-state index in [2.05, 4.69) is 17.2 Å². The summed E-state index contributed by atoms with van der Waals surface area (Å²) in [4.78, 5) is 39.7. The summed E-state index contributed by atoms with van der Waals surface area (Å²) in [7, 11) is 0. The number of rotatable bonds is 7. The van der Waals surface area contributed by atoms with Crippen molar-refractivity contribution in [2.45, 2.75) is 25.8 Å². The Kier molecular flexibility index (Phi) is 7.06. The van der Waals surface area contributed by atoms with Crippen LogP contribution in [0.3, 0.4) is 0 Å². The van der Waals surface area contributed by atoms with Crippen molar-refractivity contribution in [3.8, 4) is 0 Å². The number of carbonyl (C=O) groups excluding carboxylic acids is 3. The first-order valence-corrected chi connectivity index (χ1v) is 10.1. The van der Waals surface area contributed by atoms with Gasteiger partial charge in [-0.2, -0.15) is 0 Å². The minimum absolute atomic E-state index is 0.0794. The second kappa shape index (κ2) is 9.91. The topological polar surface area (TPSA) is 91.7 Å². The van der Waals surface area contributed by atoms with Crippen LogP contribution >= 0.6 is 0 Å². The summed E-state index contributed by atoms with van der Waals surface area (Å²) in [6.07, 6.45) is 4.28. The van der Waals surface area contributed by atoms with Gasteiger partial charge in [0.25, 0.3) is 11.8 Å². The number of furan rings is 1. The highest BCUT2D eigenvalue weighted by molar-refractivity contribution is 5.97. The Bertz CT molecular complexity index is 899. The SMILES string of the molecule is C=CCNC(=O)C(NC(=O)c1cccc(C)c1)C1CCN(C(=O)c2ccco2)CC1. The van der Waals surface area contributed by atoms with Crippen LogP contribution in [-0.4, -0.2) is 48.3 Å². The van der Waals surface area contributed by atoms with E-state index < -0.39 is 6.04 Å². The fourth-order valence-electron chi connectivity index (χ4n) is 3.68. The summed E-state index contributed by atoms with van der Waals surface area (Å²) >= 11 is 0. The summed E-state index contributed by atoms with van der Waals surface area (Å²) in [6, 6.07) is 9.89. The van der Waals surface area contributed by atoms with Gasteiger partial charge in [0.2, 0.25) is 5.91 Å². The van der Waals surface area contributed by atoms with Crippen LogP contribution in [0.2, 0.25) is 0 Å². The van der Waals surface area contributed by atoms with E-state index in [1.165, 1.54) is 6.26 Å². The molecular formula is C23H27N3O4. The number of nitrogens with one attached hydrogen (secondary N) is 2. The summed E-state index contributed by atoms with van der Waals surface area (Å²) in [5, 5.41) is 5.69. The van der Waals surface area contributed by atoms with Crippen molar-refractivity contribution in [2.75, 3.05) is 19.6 Å². The van der Waals surface area contributed by atoms with Crippen LogP contribution in [0.1, 0.15) is 39.3 Å². The zero-order valence-electron chi connectivity index (χ0n) is 17.1. The second-order valence-electron chi connectivity index (χ2n) is 7.46. The van der Waals surface area contributed by atoms with Crippen LogP contribution in [0.15, 0.2) is 59.7 Å². The van der Waals surface area contributed by atoms with Gasteiger partial charge in [-0.25, -0.2) is 0 Å². The van der Waals surface area contributed by atoms with Crippen molar-refractivity contribution in [3.63, 3.8) is 0 Å². The molecule has 1 aliphatic rings. The molecule has 7 nitrogen and oxygen atoms in total. The molecule has 158 valence electrons. The molecule has 0 spiro atoms. The van der Waals surface area contributed by atoms with Gasteiger partial charge in [-0.15, -0.1) is 6.58 Å². The van der Waals surface area contributed by atoms with Gasteiger partial charge in [-0.3, -0.25) is 14.4 Å². The molecule has 1 aliphatic heterocycles. The first-order chi connectivity index (χ1) is 14.5. The van der Waals surface area contributed by atoms with E-state index in [0.717, 1.165) is 5.56 Å². The Morgan fingerprint density at radius 1 is 1.23 bits per heavy atom. The van der Waals surface area contributed by atoms with Crippen molar-refractivity contribution in [2.24, 2.45) is 5.92 Å². The Labute approximate surface area is 176 Å². The number of hydrogen-bond acceptors (Lipinski definition) is 4. The molecule has 1 fully saturated rings. The maximum absolute atomic E-state index is 12.8. The van der Waals surface area contributed by atoms with Gasteiger partial charge in [-0.05, 0) is 49.9 Å². The van der Waals surface area contributed by atoms with Crippen molar-refractivity contribution in [1.29, 1.82) is 0 Å². The molecule has 1 unspecified atom stereocenters. The average molecular weight is 409 g/mol. The van der Waals surface area contributed by atoms with Crippen LogP contribution in [0.4, 0.5) is 0 Å². The van der Waals surface area contributed by atoms with E-state index in [1.807, 2.05) is 19.1 Å². The maximum Gasteiger partial charge on any atom is 0.289 e. The van der Waals surface area contributed by atoms with Crippen LogP contribution in [0, 0.1) is 12.8 Å². The molecule has 1 saturated heterocycles. The minimum atomic E-state index is -0.682. The lowest BCUT2D eigenvalue weighted by Crippen LogP contribution is -2.53. The number of nitrogens with zero attached hydrogens (tertiary/aromatic N) is 1. The predicted molar refractivity (Wildman–Crippen MR) is 113 cm³/mol. The number of carbonyl (C=O) groups is 3. The first-order valence-electron chi connectivity index (χ1n) is 10.1. The van der Waals surface area contributed by atoms with Crippen LogP contribution < -0.4 is 10.6 Å². The standard InChI is InChI=1S/C23H27N3O4/c1-3-11-24-22(28)20(25-21(27)18-7-4-6-16(2)15-18)17-9-12-26(13-10-17)23(29)19-8-5-14-30-19/h3-8,14-15,17,20H,1,9-13H2,2H3,(H,24,28)(H,25,27). The lowest BCUT2D eigenvalue weighted by Gasteiger charge is -2.35. The van der Waals surface area contributed by atoms with E-state index >= 15 is 0 Å². The lowest BCUT2D eigenvalue weighted by molar-refractivity contribution is -0.124. The van der Waals surface area contributed by atoms with Gasteiger partial charge >= 0.3 is 0 Å². The zero-order chi connectivity index (χ0) is 21.5. The van der Waals surface area contributed by atoms with E-state index in [0.29, 0.717) is 43.8 Å². The monoisotopic (exact) mass is 409 g/mol. The normalized spacial score (nSPS) is 15.3. The van der Waals surface area contributed by atoms with E-state index in [9.17, 15) is 14.4 Å². The highest BCUT2D eigenvalue weighted by Gasteiger charge is 2.34. The van der Waals surface area contributed by atoms with Gasteiger partial charge in [0.05, 0.1) is 6.26 Å².